The number of ether oxygens (including phenoxy) is 3. The predicted octanol–water partition coefficient (Wildman–Crippen LogP) is 11.2. The molecule has 0 amide bonds. The Labute approximate surface area is 340 Å². The molecule has 10 heteroatoms. The molecule has 0 spiro atoms. The van der Waals surface area contributed by atoms with Gasteiger partial charge in [-0.2, -0.15) is 0 Å². The summed E-state index contributed by atoms with van der Waals surface area (Å²) in [5.74, 6) is -0.454. The van der Waals surface area contributed by atoms with Crippen LogP contribution in [0.25, 0.3) is 0 Å². The van der Waals surface area contributed by atoms with Gasteiger partial charge in [0, 0.05) is 51.5 Å². The van der Waals surface area contributed by atoms with E-state index in [0.29, 0.717) is 17.3 Å². The highest BCUT2D eigenvalue weighted by Crippen LogP contribution is 2.36. The summed E-state index contributed by atoms with van der Waals surface area (Å²) in [6.45, 7) is 16.2. The molecule has 0 aliphatic heterocycles. The van der Waals surface area contributed by atoms with Crippen LogP contribution in [0.15, 0.2) is 128 Å². The number of hydrogen-bond acceptors (Lipinski definition) is 10. The van der Waals surface area contributed by atoms with Gasteiger partial charge in [-0.3, -0.25) is 34.3 Å². The third-order valence-electron chi connectivity index (χ3n) is 7.89. The second-order valence-electron chi connectivity index (χ2n) is 11.8. The highest BCUT2D eigenvalue weighted by molar-refractivity contribution is 5.67. The van der Waals surface area contributed by atoms with Crippen molar-refractivity contribution in [3.63, 3.8) is 0 Å². The molecule has 0 N–H and O–H groups in total. The lowest BCUT2D eigenvalue weighted by atomic mass is 9.84. The monoisotopic (exact) mass is 778 g/mol. The van der Waals surface area contributed by atoms with Gasteiger partial charge in [0.1, 0.15) is 6.10 Å². The van der Waals surface area contributed by atoms with Crippen molar-refractivity contribution in [2.24, 2.45) is 5.92 Å². The van der Waals surface area contributed by atoms with E-state index < -0.39 is 12.2 Å². The molecule has 0 bridgehead atoms. The normalized spacial score (nSPS) is 12.5. The zero-order valence-electron chi connectivity index (χ0n) is 35.2. The average Bonchev–Trinajstić information content (AvgIpc) is 3.28. The van der Waals surface area contributed by atoms with Gasteiger partial charge in [0.25, 0.3) is 0 Å². The van der Waals surface area contributed by atoms with E-state index in [1.54, 1.807) is 24.8 Å². The number of rotatable bonds is 9. The molecule has 2 unspecified atom stereocenters. The predicted molar refractivity (Wildman–Crippen MR) is 226 cm³/mol. The number of carbonyl (C=O) groups excluding carboxylic acids is 3. The van der Waals surface area contributed by atoms with Crippen LogP contribution in [-0.2, 0) is 28.6 Å². The Bertz CT molecular complexity index is 1570. The summed E-state index contributed by atoms with van der Waals surface area (Å²) in [5, 5.41) is 0. The molecule has 1 saturated carbocycles. The van der Waals surface area contributed by atoms with E-state index in [4.69, 9.17) is 14.2 Å². The van der Waals surface area contributed by atoms with E-state index in [1.807, 2.05) is 145 Å². The fourth-order valence-electron chi connectivity index (χ4n) is 5.68. The van der Waals surface area contributed by atoms with Gasteiger partial charge in [-0.25, -0.2) is 0 Å². The summed E-state index contributed by atoms with van der Waals surface area (Å²) in [4.78, 5) is 50.4. The van der Waals surface area contributed by atoms with Crippen LogP contribution in [0, 0.1) is 5.92 Å². The highest BCUT2D eigenvalue weighted by Gasteiger charge is 2.28. The van der Waals surface area contributed by atoms with Crippen LogP contribution in [0.3, 0.4) is 0 Å². The first-order valence-electron chi connectivity index (χ1n) is 20.0. The van der Waals surface area contributed by atoms with Crippen LogP contribution in [0.2, 0.25) is 0 Å². The molecule has 5 aromatic rings. The van der Waals surface area contributed by atoms with E-state index in [2.05, 4.69) is 19.9 Å². The number of carbonyl (C=O) groups is 3. The van der Waals surface area contributed by atoms with Gasteiger partial charge in [-0.05, 0) is 66.9 Å². The summed E-state index contributed by atoms with van der Waals surface area (Å²) < 4.78 is 16.1. The Morgan fingerprint density at radius 1 is 0.456 bits per heavy atom. The third kappa shape index (κ3) is 19.1. The summed E-state index contributed by atoms with van der Waals surface area (Å²) in [7, 11) is 0. The van der Waals surface area contributed by atoms with Crippen molar-refractivity contribution in [2.75, 3.05) is 0 Å². The molecular formula is C47H62N4O6. The van der Waals surface area contributed by atoms with Crippen molar-refractivity contribution in [3.8, 4) is 0 Å². The topological polar surface area (TPSA) is 130 Å². The minimum absolute atomic E-state index is 0.158. The molecular weight excluding hydrogens is 717 g/mol. The second kappa shape index (κ2) is 30.4. The molecule has 1 aromatic carbocycles. The fourth-order valence-corrected chi connectivity index (χ4v) is 5.68. The number of benzene rings is 1. The summed E-state index contributed by atoms with van der Waals surface area (Å²) in [6, 6.07) is 31.9. The van der Waals surface area contributed by atoms with Gasteiger partial charge >= 0.3 is 17.9 Å². The van der Waals surface area contributed by atoms with Crippen LogP contribution in [0.4, 0.5) is 0 Å². The smallest absolute Gasteiger partial charge is 0.303 e. The molecule has 1 aliphatic rings. The lowest BCUT2D eigenvalue weighted by molar-refractivity contribution is -0.150. The van der Waals surface area contributed by atoms with E-state index in [0.717, 1.165) is 29.8 Å². The van der Waals surface area contributed by atoms with Crippen molar-refractivity contribution in [1.29, 1.82) is 0 Å². The van der Waals surface area contributed by atoms with E-state index in [1.165, 1.54) is 40.0 Å². The first-order chi connectivity index (χ1) is 27.8. The van der Waals surface area contributed by atoms with Crippen molar-refractivity contribution in [3.05, 3.63) is 156 Å². The van der Waals surface area contributed by atoms with Crippen molar-refractivity contribution < 1.29 is 28.6 Å². The number of hydrogen-bond donors (Lipinski definition) is 0. The average molecular weight is 779 g/mol. The van der Waals surface area contributed by atoms with E-state index in [9.17, 15) is 14.4 Å². The zero-order chi connectivity index (χ0) is 42.3. The molecule has 2 atom stereocenters. The maximum Gasteiger partial charge on any atom is 0.303 e. The molecule has 10 nitrogen and oxygen atoms in total. The number of pyridine rings is 4. The minimum atomic E-state index is -0.546. The first kappa shape index (κ1) is 49.2. The maximum atomic E-state index is 11.2. The Morgan fingerprint density at radius 3 is 1.18 bits per heavy atom. The SMILES string of the molecule is CC.CC.CC.CC(=O)OC(c1ccccc1)c1ccccn1.CC(=O)OC(c1ccccn1)C1CCCCC1.CC(=O)OC(c1ccccn1)c1ccccn1. The lowest BCUT2D eigenvalue weighted by Crippen LogP contribution is -2.21. The van der Waals surface area contributed by atoms with Crippen LogP contribution >= 0.6 is 0 Å². The van der Waals surface area contributed by atoms with Crippen LogP contribution < -0.4 is 0 Å². The van der Waals surface area contributed by atoms with Crippen molar-refractivity contribution in [2.45, 2.75) is 113 Å². The van der Waals surface area contributed by atoms with Gasteiger partial charge in [0.15, 0.2) is 12.2 Å². The minimum Gasteiger partial charge on any atom is -0.456 e. The fraction of sp³-hybridized carbons (Fsp3) is 0.383. The summed E-state index contributed by atoms with van der Waals surface area (Å²) in [6.07, 6.45) is 11.7. The Morgan fingerprint density at radius 2 is 0.807 bits per heavy atom. The van der Waals surface area contributed by atoms with Crippen molar-refractivity contribution in [1.82, 2.24) is 19.9 Å². The largest absolute Gasteiger partial charge is 0.456 e. The summed E-state index contributed by atoms with van der Waals surface area (Å²) >= 11 is 0. The molecule has 306 valence electrons. The van der Waals surface area contributed by atoms with Gasteiger partial charge in [-0.15, -0.1) is 0 Å². The van der Waals surface area contributed by atoms with Gasteiger partial charge in [0.2, 0.25) is 0 Å². The standard InChI is InChI=1S/C14H19NO2.C14H13NO2.C13H12N2O2.3C2H6/c2*1-11(16)17-14(12-7-3-2-4-8-12)13-9-5-6-10-15-13;1-10(16)17-13(11-6-2-4-8-14-11)12-7-3-5-9-15-12;3*1-2/h5-6,9-10,12,14H,2-4,7-8H2,1H3;2-10,14H,1H3;2-9,13H,1H3;3*1-2H3. The zero-order valence-corrected chi connectivity index (χ0v) is 35.2. The third-order valence-corrected chi connectivity index (χ3v) is 7.89. The molecule has 1 aliphatic carbocycles. The number of esters is 3. The molecule has 4 aromatic heterocycles. The van der Waals surface area contributed by atoms with Crippen LogP contribution in [0.5, 0.6) is 0 Å². The molecule has 4 heterocycles. The highest BCUT2D eigenvalue weighted by atomic mass is 16.6. The Kier molecular flexibility index (Phi) is 26.3. The quantitative estimate of drug-likeness (QED) is 0.105. The van der Waals surface area contributed by atoms with Gasteiger partial charge in [0.05, 0.1) is 22.8 Å². The Balaban J connectivity index is 0.000000400. The molecule has 0 saturated heterocycles. The van der Waals surface area contributed by atoms with Crippen LogP contribution in [0.1, 0.15) is 141 Å². The van der Waals surface area contributed by atoms with E-state index in [-0.39, 0.29) is 24.0 Å². The van der Waals surface area contributed by atoms with E-state index >= 15 is 0 Å². The number of nitrogens with zero attached hydrogens (tertiary/aromatic N) is 4. The number of aromatic nitrogens is 4. The first-order valence-corrected chi connectivity index (χ1v) is 20.0. The second-order valence-corrected chi connectivity index (χ2v) is 11.8. The van der Waals surface area contributed by atoms with Crippen LogP contribution in [-0.4, -0.2) is 37.8 Å². The molecule has 0 radical (unpaired) electrons. The lowest BCUT2D eigenvalue weighted by Gasteiger charge is -2.29. The maximum absolute atomic E-state index is 11.2. The molecule has 6 rings (SSSR count). The summed E-state index contributed by atoms with van der Waals surface area (Å²) in [5.41, 5.74) is 3.87. The van der Waals surface area contributed by atoms with Gasteiger partial charge < -0.3 is 14.2 Å². The Hall–Kier alpha value is -5.77. The molecule has 57 heavy (non-hydrogen) atoms. The van der Waals surface area contributed by atoms with Crippen molar-refractivity contribution >= 4 is 17.9 Å². The van der Waals surface area contributed by atoms with Gasteiger partial charge in [-0.1, -0.05) is 115 Å². The molecule has 1 fully saturated rings.